The third-order valence-corrected chi connectivity index (χ3v) is 4.49. The zero-order chi connectivity index (χ0) is 13.7. The molecule has 0 saturated heterocycles. The summed E-state index contributed by atoms with van der Waals surface area (Å²) in [4.78, 5) is 4.83. The first-order valence-corrected chi connectivity index (χ1v) is 7.74. The van der Waals surface area contributed by atoms with Crippen molar-refractivity contribution in [3.8, 4) is 0 Å². The van der Waals surface area contributed by atoms with Gasteiger partial charge in [-0.2, -0.15) is 0 Å². The van der Waals surface area contributed by atoms with Crippen LogP contribution in [-0.2, 0) is 4.74 Å². The van der Waals surface area contributed by atoms with Crippen LogP contribution in [0.5, 0.6) is 0 Å². The molecule has 1 atom stereocenters. The number of nitrogens with one attached hydrogen (secondary N) is 2. The molecule has 4 nitrogen and oxygen atoms in total. The van der Waals surface area contributed by atoms with E-state index >= 15 is 0 Å². The van der Waals surface area contributed by atoms with Gasteiger partial charge in [0.1, 0.15) is 0 Å². The number of ether oxygens (including phenoxy) is 1. The first-order chi connectivity index (χ1) is 9.20. The van der Waals surface area contributed by atoms with Crippen molar-refractivity contribution in [1.82, 2.24) is 10.6 Å². The molecule has 0 bridgehead atoms. The van der Waals surface area contributed by atoms with Gasteiger partial charge in [-0.05, 0) is 50.9 Å². The van der Waals surface area contributed by atoms with Gasteiger partial charge in [-0.15, -0.1) is 0 Å². The summed E-state index contributed by atoms with van der Waals surface area (Å²) in [6.07, 6.45) is 7.03. The lowest BCUT2D eigenvalue weighted by Crippen LogP contribution is -2.45. The molecule has 0 amide bonds. The maximum atomic E-state index is 5.16. The van der Waals surface area contributed by atoms with Crippen molar-refractivity contribution in [1.29, 1.82) is 0 Å². The molecule has 1 unspecified atom stereocenters. The van der Waals surface area contributed by atoms with Gasteiger partial charge in [0, 0.05) is 26.2 Å². The molecule has 0 spiro atoms. The molecule has 2 aliphatic carbocycles. The average Bonchev–Trinajstić information content (AvgIpc) is 3.12. The highest BCUT2D eigenvalue weighted by atomic mass is 16.5. The Bertz CT molecular complexity index is 309. The van der Waals surface area contributed by atoms with Crippen molar-refractivity contribution in [2.75, 3.05) is 26.8 Å². The van der Waals surface area contributed by atoms with Crippen LogP contribution in [0.4, 0.5) is 0 Å². The Morgan fingerprint density at radius 1 is 1.42 bits per heavy atom. The zero-order valence-electron chi connectivity index (χ0n) is 12.7. The summed E-state index contributed by atoms with van der Waals surface area (Å²) in [7, 11) is 1.73. The van der Waals surface area contributed by atoms with E-state index in [-0.39, 0.29) is 0 Å². The Kier molecular flexibility index (Phi) is 5.08. The SMILES string of the molecule is CCNC(=NCC1(C2CC2)CCC1)NC(C)COC. The Balaban J connectivity index is 1.88. The number of rotatable bonds is 7. The largest absolute Gasteiger partial charge is 0.383 e. The first-order valence-electron chi connectivity index (χ1n) is 7.74. The second-order valence-corrected chi connectivity index (χ2v) is 6.19. The number of guanidine groups is 1. The van der Waals surface area contributed by atoms with Crippen LogP contribution in [0, 0.1) is 11.3 Å². The second kappa shape index (κ2) is 6.60. The van der Waals surface area contributed by atoms with E-state index in [1.807, 2.05) is 0 Å². The van der Waals surface area contributed by atoms with Crippen LogP contribution in [0.25, 0.3) is 0 Å². The van der Waals surface area contributed by atoms with Crippen molar-refractivity contribution in [2.45, 2.75) is 52.0 Å². The zero-order valence-corrected chi connectivity index (χ0v) is 12.7. The minimum Gasteiger partial charge on any atom is -0.383 e. The van der Waals surface area contributed by atoms with Crippen LogP contribution < -0.4 is 10.6 Å². The van der Waals surface area contributed by atoms with Gasteiger partial charge in [-0.3, -0.25) is 4.99 Å². The molecule has 2 N–H and O–H groups in total. The lowest BCUT2D eigenvalue weighted by molar-refractivity contribution is 0.113. The number of nitrogens with zero attached hydrogens (tertiary/aromatic N) is 1. The van der Waals surface area contributed by atoms with Crippen molar-refractivity contribution >= 4 is 5.96 Å². The quantitative estimate of drug-likeness (QED) is 0.549. The Hall–Kier alpha value is -0.770. The summed E-state index contributed by atoms with van der Waals surface area (Å²) in [5.41, 5.74) is 0.548. The van der Waals surface area contributed by atoms with Gasteiger partial charge in [0.2, 0.25) is 0 Å². The summed E-state index contributed by atoms with van der Waals surface area (Å²) < 4.78 is 5.16. The fourth-order valence-corrected chi connectivity index (χ4v) is 3.10. The molecule has 0 aromatic carbocycles. The van der Waals surface area contributed by atoms with Crippen LogP contribution in [0.1, 0.15) is 46.0 Å². The van der Waals surface area contributed by atoms with Crippen LogP contribution in [-0.4, -0.2) is 38.8 Å². The summed E-state index contributed by atoms with van der Waals surface area (Å²) in [5, 5.41) is 6.75. The van der Waals surface area contributed by atoms with E-state index in [0.29, 0.717) is 18.1 Å². The Morgan fingerprint density at radius 3 is 2.63 bits per heavy atom. The molecular formula is C15H29N3O. The lowest BCUT2D eigenvalue weighted by Gasteiger charge is -2.41. The highest BCUT2D eigenvalue weighted by molar-refractivity contribution is 5.80. The first kappa shape index (κ1) is 14.6. The van der Waals surface area contributed by atoms with Crippen molar-refractivity contribution in [3.63, 3.8) is 0 Å². The molecule has 2 aliphatic rings. The molecular weight excluding hydrogens is 238 g/mol. The van der Waals surface area contributed by atoms with Crippen LogP contribution >= 0.6 is 0 Å². The average molecular weight is 267 g/mol. The molecule has 0 aromatic rings. The second-order valence-electron chi connectivity index (χ2n) is 6.19. The minimum absolute atomic E-state index is 0.293. The van der Waals surface area contributed by atoms with E-state index in [0.717, 1.165) is 25.0 Å². The predicted molar refractivity (Wildman–Crippen MR) is 79.5 cm³/mol. The van der Waals surface area contributed by atoms with E-state index in [9.17, 15) is 0 Å². The maximum absolute atomic E-state index is 5.16. The third kappa shape index (κ3) is 3.85. The Labute approximate surface area is 117 Å². The molecule has 2 rings (SSSR count). The highest BCUT2D eigenvalue weighted by Crippen LogP contribution is 2.57. The van der Waals surface area contributed by atoms with E-state index in [1.165, 1.54) is 32.1 Å². The summed E-state index contributed by atoms with van der Waals surface area (Å²) >= 11 is 0. The van der Waals surface area contributed by atoms with Crippen molar-refractivity contribution in [3.05, 3.63) is 0 Å². The van der Waals surface area contributed by atoms with Crippen molar-refractivity contribution < 1.29 is 4.74 Å². The van der Waals surface area contributed by atoms with E-state index < -0.39 is 0 Å². The summed E-state index contributed by atoms with van der Waals surface area (Å²) in [5.74, 6) is 1.91. The Morgan fingerprint density at radius 2 is 2.16 bits per heavy atom. The molecule has 0 aromatic heterocycles. The van der Waals surface area contributed by atoms with Crippen LogP contribution in [0.15, 0.2) is 4.99 Å². The summed E-state index contributed by atoms with van der Waals surface area (Å²) in [6.45, 7) is 6.83. The fraction of sp³-hybridized carbons (Fsp3) is 0.933. The number of hydrogen-bond acceptors (Lipinski definition) is 2. The summed E-state index contributed by atoms with van der Waals surface area (Å²) in [6, 6.07) is 0.293. The van der Waals surface area contributed by atoms with Gasteiger partial charge < -0.3 is 15.4 Å². The molecule has 0 radical (unpaired) electrons. The van der Waals surface area contributed by atoms with E-state index in [4.69, 9.17) is 9.73 Å². The molecule has 2 saturated carbocycles. The topological polar surface area (TPSA) is 45.7 Å². The predicted octanol–water partition coefficient (Wildman–Crippen LogP) is 2.16. The number of hydrogen-bond donors (Lipinski definition) is 2. The van der Waals surface area contributed by atoms with E-state index in [1.54, 1.807) is 7.11 Å². The van der Waals surface area contributed by atoms with Gasteiger partial charge >= 0.3 is 0 Å². The van der Waals surface area contributed by atoms with Gasteiger partial charge in [0.15, 0.2) is 5.96 Å². The van der Waals surface area contributed by atoms with Gasteiger partial charge in [-0.1, -0.05) is 6.42 Å². The molecule has 0 aliphatic heterocycles. The van der Waals surface area contributed by atoms with Gasteiger partial charge in [0.25, 0.3) is 0 Å². The maximum Gasteiger partial charge on any atom is 0.191 e. The third-order valence-electron chi connectivity index (χ3n) is 4.49. The number of methoxy groups -OCH3 is 1. The normalized spacial score (nSPS) is 23.6. The number of aliphatic imine (C=N–C) groups is 1. The minimum atomic E-state index is 0.293. The van der Waals surface area contributed by atoms with Gasteiger partial charge in [0.05, 0.1) is 6.61 Å². The van der Waals surface area contributed by atoms with Gasteiger partial charge in [-0.25, -0.2) is 0 Å². The van der Waals surface area contributed by atoms with Crippen molar-refractivity contribution in [2.24, 2.45) is 16.3 Å². The highest BCUT2D eigenvalue weighted by Gasteiger charge is 2.48. The monoisotopic (exact) mass is 267 g/mol. The molecule has 110 valence electrons. The van der Waals surface area contributed by atoms with Crippen LogP contribution in [0.2, 0.25) is 0 Å². The van der Waals surface area contributed by atoms with Crippen LogP contribution in [0.3, 0.4) is 0 Å². The fourth-order valence-electron chi connectivity index (χ4n) is 3.10. The molecule has 2 fully saturated rings. The lowest BCUT2D eigenvalue weighted by atomic mass is 9.65. The smallest absolute Gasteiger partial charge is 0.191 e. The van der Waals surface area contributed by atoms with E-state index in [2.05, 4.69) is 24.5 Å². The standard InChI is InChI=1S/C15H29N3O/c1-4-16-14(18-12(2)10-19-3)17-11-15(8-5-9-15)13-6-7-13/h12-13H,4-11H2,1-3H3,(H2,16,17,18). The molecule has 0 heterocycles. The molecule has 4 heteroatoms. The molecule has 19 heavy (non-hydrogen) atoms.